The number of halogens is 2. The lowest BCUT2D eigenvalue weighted by atomic mass is 10.1. The van der Waals surface area contributed by atoms with Gasteiger partial charge in [-0.2, -0.15) is 0 Å². The van der Waals surface area contributed by atoms with Crippen LogP contribution in [0.15, 0.2) is 46.9 Å². The number of benzene rings is 2. The molecule has 0 spiro atoms. The van der Waals surface area contributed by atoms with E-state index in [9.17, 15) is 13.6 Å². The van der Waals surface area contributed by atoms with E-state index < -0.39 is 0 Å². The average molecular weight is 398 g/mol. The third-order valence-corrected chi connectivity index (χ3v) is 4.98. The number of Topliss-reactive ketones (excluding diaryl/α,β-unsaturated/α-hetero) is 1. The van der Waals surface area contributed by atoms with E-state index >= 15 is 0 Å². The van der Waals surface area contributed by atoms with Crippen molar-refractivity contribution >= 4 is 11.5 Å². The van der Waals surface area contributed by atoms with Crippen molar-refractivity contribution in [3.63, 3.8) is 0 Å². The van der Waals surface area contributed by atoms with E-state index in [1.165, 1.54) is 25.1 Å². The monoisotopic (exact) mass is 398 g/mol. The van der Waals surface area contributed by atoms with Crippen LogP contribution in [-0.4, -0.2) is 47.1 Å². The van der Waals surface area contributed by atoms with Crippen LogP contribution >= 0.6 is 0 Å². The number of hydrogen-bond donors (Lipinski definition) is 0. The fourth-order valence-electron chi connectivity index (χ4n) is 3.35. The van der Waals surface area contributed by atoms with Crippen molar-refractivity contribution < 1.29 is 18.0 Å². The molecular weight excluding hydrogens is 378 g/mol. The molecular formula is C21H20F2N4O2. The van der Waals surface area contributed by atoms with Gasteiger partial charge in [-0.25, -0.2) is 8.78 Å². The summed E-state index contributed by atoms with van der Waals surface area (Å²) in [5.74, 6) is -0.0217. The van der Waals surface area contributed by atoms with Crippen LogP contribution in [0.4, 0.5) is 14.5 Å². The van der Waals surface area contributed by atoms with Gasteiger partial charge in [-0.1, -0.05) is 0 Å². The Bertz CT molecular complexity index is 1010. The Labute approximate surface area is 166 Å². The Morgan fingerprint density at radius 2 is 1.76 bits per heavy atom. The highest BCUT2D eigenvalue weighted by Gasteiger charge is 2.22. The molecule has 1 fully saturated rings. The summed E-state index contributed by atoms with van der Waals surface area (Å²) in [6.07, 6.45) is 0. The summed E-state index contributed by atoms with van der Waals surface area (Å²) in [5, 5.41) is 8.09. The number of rotatable bonds is 5. The molecule has 2 aromatic carbocycles. The summed E-state index contributed by atoms with van der Waals surface area (Å²) < 4.78 is 33.1. The first-order valence-corrected chi connectivity index (χ1v) is 9.36. The minimum Gasteiger partial charge on any atom is -0.419 e. The fraction of sp³-hybridized carbons (Fsp3) is 0.286. The first kappa shape index (κ1) is 19.2. The molecule has 1 aliphatic heterocycles. The van der Waals surface area contributed by atoms with Crippen molar-refractivity contribution in [3.05, 3.63) is 65.6 Å². The van der Waals surface area contributed by atoms with E-state index in [0.29, 0.717) is 61.3 Å². The van der Waals surface area contributed by atoms with Crippen LogP contribution in [0.5, 0.6) is 0 Å². The lowest BCUT2D eigenvalue weighted by Gasteiger charge is -2.35. The zero-order valence-electron chi connectivity index (χ0n) is 15.9. The number of hydrogen-bond acceptors (Lipinski definition) is 6. The predicted molar refractivity (Wildman–Crippen MR) is 104 cm³/mol. The minimum absolute atomic E-state index is 0.153. The maximum absolute atomic E-state index is 14.4. The molecule has 0 atom stereocenters. The normalized spacial score (nSPS) is 14.9. The van der Waals surface area contributed by atoms with Gasteiger partial charge >= 0.3 is 0 Å². The van der Waals surface area contributed by atoms with E-state index in [0.717, 1.165) is 0 Å². The van der Waals surface area contributed by atoms with E-state index in [-0.39, 0.29) is 17.4 Å². The van der Waals surface area contributed by atoms with Crippen LogP contribution in [0, 0.1) is 11.6 Å². The number of carbonyl (C=O) groups is 1. The molecule has 0 bridgehead atoms. The third-order valence-electron chi connectivity index (χ3n) is 4.98. The highest BCUT2D eigenvalue weighted by molar-refractivity contribution is 5.94. The summed E-state index contributed by atoms with van der Waals surface area (Å²) in [5.41, 5.74) is 1.55. The van der Waals surface area contributed by atoms with Gasteiger partial charge in [-0.3, -0.25) is 9.69 Å². The molecule has 0 amide bonds. The summed E-state index contributed by atoms with van der Waals surface area (Å²) in [4.78, 5) is 15.5. The van der Waals surface area contributed by atoms with Crippen molar-refractivity contribution in [1.82, 2.24) is 15.1 Å². The van der Waals surface area contributed by atoms with Crippen molar-refractivity contribution in [1.29, 1.82) is 0 Å². The van der Waals surface area contributed by atoms with Crippen LogP contribution in [0.3, 0.4) is 0 Å². The van der Waals surface area contributed by atoms with Crippen molar-refractivity contribution in [2.75, 3.05) is 31.1 Å². The van der Waals surface area contributed by atoms with E-state index in [4.69, 9.17) is 4.42 Å². The molecule has 1 aliphatic rings. The Balaban J connectivity index is 1.36. The van der Waals surface area contributed by atoms with Gasteiger partial charge in [0.1, 0.15) is 11.6 Å². The second-order valence-electron chi connectivity index (χ2n) is 6.99. The Morgan fingerprint density at radius 3 is 2.41 bits per heavy atom. The van der Waals surface area contributed by atoms with E-state index in [1.807, 2.05) is 4.90 Å². The standard InChI is InChI=1S/C21H20F2N4O2/c1-14(28)16-4-7-19(18(23)12-16)27-10-8-26(9-11-27)13-20-24-25-21(29-20)15-2-5-17(22)6-3-15/h2-7,12H,8-11,13H2,1H3. The molecule has 0 saturated carbocycles. The SMILES string of the molecule is CC(=O)c1ccc(N2CCN(Cc3nnc(-c4ccc(F)cc4)o3)CC2)c(F)c1. The summed E-state index contributed by atoms with van der Waals surface area (Å²) in [7, 11) is 0. The van der Waals surface area contributed by atoms with Gasteiger partial charge in [-0.15, -0.1) is 10.2 Å². The molecule has 8 heteroatoms. The number of anilines is 1. The quantitative estimate of drug-likeness (QED) is 0.613. The molecule has 6 nitrogen and oxygen atoms in total. The lowest BCUT2D eigenvalue weighted by molar-refractivity contribution is 0.101. The number of piperazine rings is 1. The largest absolute Gasteiger partial charge is 0.419 e. The van der Waals surface area contributed by atoms with Crippen molar-refractivity contribution in [2.45, 2.75) is 13.5 Å². The zero-order chi connectivity index (χ0) is 20.4. The molecule has 0 aliphatic carbocycles. The molecule has 29 heavy (non-hydrogen) atoms. The number of ketones is 1. The minimum atomic E-state index is -0.382. The number of carbonyl (C=O) groups excluding carboxylic acids is 1. The third kappa shape index (κ3) is 4.32. The highest BCUT2D eigenvalue weighted by Crippen LogP contribution is 2.23. The predicted octanol–water partition coefficient (Wildman–Crippen LogP) is 3.54. The highest BCUT2D eigenvalue weighted by atomic mass is 19.1. The molecule has 4 rings (SSSR count). The Hall–Kier alpha value is -3.13. The smallest absolute Gasteiger partial charge is 0.247 e. The molecule has 0 unspecified atom stereocenters. The van der Waals surface area contributed by atoms with Gasteiger partial charge < -0.3 is 9.32 Å². The van der Waals surface area contributed by atoms with Gasteiger partial charge in [0.25, 0.3) is 0 Å². The average Bonchev–Trinajstić information content (AvgIpc) is 3.17. The van der Waals surface area contributed by atoms with Gasteiger partial charge in [0.05, 0.1) is 12.2 Å². The first-order valence-electron chi connectivity index (χ1n) is 9.36. The Morgan fingerprint density at radius 1 is 1.03 bits per heavy atom. The number of nitrogens with zero attached hydrogens (tertiary/aromatic N) is 4. The van der Waals surface area contributed by atoms with Crippen molar-refractivity contribution in [3.8, 4) is 11.5 Å². The Kier molecular flexibility index (Phi) is 5.35. The molecule has 0 radical (unpaired) electrons. The summed E-state index contributed by atoms with van der Waals surface area (Å²) in [6.45, 7) is 4.63. The topological polar surface area (TPSA) is 62.5 Å². The molecule has 1 aromatic heterocycles. The first-order chi connectivity index (χ1) is 14.0. The van der Waals surface area contributed by atoms with E-state index in [1.54, 1.807) is 24.3 Å². The molecule has 2 heterocycles. The lowest BCUT2D eigenvalue weighted by Crippen LogP contribution is -2.46. The van der Waals surface area contributed by atoms with Crippen molar-refractivity contribution in [2.24, 2.45) is 0 Å². The maximum atomic E-state index is 14.4. The molecule has 3 aromatic rings. The van der Waals surface area contributed by atoms with Crippen LogP contribution < -0.4 is 4.90 Å². The number of aromatic nitrogens is 2. The zero-order valence-corrected chi connectivity index (χ0v) is 15.9. The van der Waals surface area contributed by atoms with Crippen LogP contribution in [-0.2, 0) is 6.54 Å². The fourth-order valence-corrected chi connectivity index (χ4v) is 3.35. The summed E-state index contributed by atoms with van der Waals surface area (Å²) in [6, 6.07) is 10.5. The van der Waals surface area contributed by atoms with E-state index in [2.05, 4.69) is 15.1 Å². The van der Waals surface area contributed by atoms with Gasteiger partial charge in [-0.05, 0) is 49.4 Å². The van der Waals surface area contributed by atoms with Gasteiger partial charge in [0.15, 0.2) is 5.78 Å². The summed E-state index contributed by atoms with van der Waals surface area (Å²) >= 11 is 0. The van der Waals surface area contributed by atoms with Crippen LogP contribution in [0.1, 0.15) is 23.2 Å². The van der Waals surface area contributed by atoms with Gasteiger partial charge in [0.2, 0.25) is 11.8 Å². The molecule has 1 saturated heterocycles. The van der Waals surface area contributed by atoms with Crippen LogP contribution in [0.25, 0.3) is 11.5 Å². The van der Waals surface area contributed by atoms with Gasteiger partial charge in [0, 0.05) is 37.3 Å². The second kappa shape index (κ2) is 8.08. The van der Waals surface area contributed by atoms with Crippen LogP contribution in [0.2, 0.25) is 0 Å². The maximum Gasteiger partial charge on any atom is 0.247 e. The second-order valence-corrected chi connectivity index (χ2v) is 6.99. The molecule has 150 valence electrons. The molecule has 0 N–H and O–H groups in total.